The van der Waals surface area contributed by atoms with E-state index in [2.05, 4.69) is 30.2 Å². The second kappa shape index (κ2) is 7.58. The second-order valence-corrected chi connectivity index (χ2v) is 4.95. The fraction of sp³-hybridized carbons (Fsp3) is 0.538. The van der Waals surface area contributed by atoms with Crippen LogP contribution >= 0.6 is 11.8 Å². The Morgan fingerprint density at radius 1 is 1.38 bits per heavy atom. The topological polar surface area (TPSA) is 29.3 Å². The molecule has 0 unspecified atom stereocenters. The smallest absolute Gasteiger partial charge is 0.0317 e. The monoisotopic (exact) mass is 238 g/mol. The van der Waals surface area contributed by atoms with Crippen LogP contribution in [0.25, 0.3) is 0 Å². The summed E-state index contributed by atoms with van der Waals surface area (Å²) < 4.78 is 0. The minimum Gasteiger partial charge on any atom is -0.399 e. The quantitative estimate of drug-likeness (QED) is 0.585. The molecular weight excluding hydrogens is 216 g/mol. The second-order valence-electron chi connectivity index (χ2n) is 3.96. The summed E-state index contributed by atoms with van der Waals surface area (Å²) in [6.45, 7) is 5.50. The highest BCUT2D eigenvalue weighted by molar-refractivity contribution is 7.98. The average Bonchev–Trinajstić information content (AvgIpc) is 2.28. The zero-order chi connectivity index (χ0) is 11.8. The van der Waals surface area contributed by atoms with Crippen LogP contribution in [-0.4, -0.2) is 30.0 Å². The molecule has 0 aliphatic heterocycles. The molecule has 90 valence electrons. The number of anilines is 1. The van der Waals surface area contributed by atoms with Gasteiger partial charge in [0.05, 0.1) is 0 Å². The van der Waals surface area contributed by atoms with Gasteiger partial charge in [0, 0.05) is 12.2 Å². The molecule has 0 aromatic heterocycles. The zero-order valence-corrected chi connectivity index (χ0v) is 11.1. The fourth-order valence-corrected chi connectivity index (χ4v) is 2.15. The van der Waals surface area contributed by atoms with Crippen LogP contribution in [-0.2, 0) is 6.54 Å². The molecule has 1 rings (SSSR count). The maximum absolute atomic E-state index is 5.78. The molecule has 0 fully saturated rings. The van der Waals surface area contributed by atoms with E-state index in [4.69, 9.17) is 5.73 Å². The van der Waals surface area contributed by atoms with Crippen molar-refractivity contribution in [3.05, 3.63) is 29.8 Å². The Morgan fingerprint density at radius 3 is 2.81 bits per heavy atom. The van der Waals surface area contributed by atoms with Gasteiger partial charge in [0.25, 0.3) is 0 Å². The lowest BCUT2D eigenvalue weighted by Gasteiger charge is -2.20. The van der Waals surface area contributed by atoms with Crippen molar-refractivity contribution in [3.8, 4) is 0 Å². The van der Waals surface area contributed by atoms with E-state index < -0.39 is 0 Å². The third-order valence-corrected chi connectivity index (χ3v) is 3.32. The molecule has 2 N–H and O–H groups in total. The lowest BCUT2D eigenvalue weighted by Crippen LogP contribution is -2.24. The van der Waals surface area contributed by atoms with Gasteiger partial charge in [-0.2, -0.15) is 11.8 Å². The number of rotatable bonds is 7. The first-order valence-corrected chi connectivity index (χ1v) is 7.21. The third-order valence-electron chi connectivity index (χ3n) is 2.63. The molecule has 3 heteroatoms. The van der Waals surface area contributed by atoms with Gasteiger partial charge in [-0.05, 0) is 49.2 Å². The van der Waals surface area contributed by atoms with Gasteiger partial charge in [-0.3, -0.25) is 4.90 Å². The van der Waals surface area contributed by atoms with Gasteiger partial charge in [0.2, 0.25) is 0 Å². The van der Waals surface area contributed by atoms with Gasteiger partial charge in [-0.15, -0.1) is 0 Å². The molecule has 0 amide bonds. The van der Waals surface area contributed by atoms with Gasteiger partial charge in [-0.25, -0.2) is 0 Å². The predicted molar refractivity (Wildman–Crippen MR) is 74.8 cm³/mol. The summed E-state index contributed by atoms with van der Waals surface area (Å²) in [6.07, 6.45) is 3.42. The summed E-state index contributed by atoms with van der Waals surface area (Å²) in [5.74, 6) is 1.24. The predicted octanol–water partition coefficient (Wildman–Crippen LogP) is 2.84. The Hall–Kier alpha value is -0.670. The van der Waals surface area contributed by atoms with Crippen molar-refractivity contribution < 1.29 is 0 Å². The van der Waals surface area contributed by atoms with Gasteiger partial charge >= 0.3 is 0 Å². The fourth-order valence-electron chi connectivity index (χ4n) is 1.73. The van der Waals surface area contributed by atoms with Crippen LogP contribution in [0.4, 0.5) is 5.69 Å². The first kappa shape index (κ1) is 13.4. The summed E-state index contributed by atoms with van der Waals surface area (Å²) in [5, 5.41) is 0. The Morgan fingerprint density at radius 2 is 2.19 bits per heavy atom. The molecule has 0 saturated heterocycles. The first-order chi connectivity index (χ1) is 7.76. The Labute approximate surface area is 103 Å². The van der Waals surface area contributed by atoms with Gasteiger partial charge in [0.15, 0.2) is 0 Å². The summed E-state index contributed by atoms with van der Waals surface area (Å²) >= 11 is 1.92. The molecule has 0 radical (unpaired) electrons. The van der Waals surface area contributed by atoms with Crippen molar-refractivity contribution in [2.45, 2.75) is 19.9 Å². The van der Waals surface area contributed by atoms with Crippen molar-refractivity contribution in [1.29, 1.82) is 0 Å². The number of thioether (sulfide) groups is 1. The molecule has 0 aliphatic carbocycles. The summed E-state index contributed by atoms with van der Waals surface area (Å²) in [7, 11) is 0. The molecule has 2 nitrogen and oxygen atoms in total. The largest absolute Gasteiger partial charge is 0.399 e. The minimum atomic E-state index is 0.859. The number of benzene rings is 1. The maximum atomic E-state index is 5.78. The Bertz CT molecular complexity index is 302. The van der Waals surface area contributed by atoms with E-state index in [1.165, 1.54) is 24.3 Å². The number of nitrogens with zero attached hydrogens (tertiary/aromatic N) is 1. The van der Waals surface area contributed by atoms with Crippen LogP contribution < -0.4 is 5.73 Å². The third kappa shape index (κ3) is 4.90. The van der Waals surface area contributed by atoms with E-state index in [0.29, 0.717) is 0 Å². The molecule has 0 heterocycles. The molecular formula is C13H22N2S. The molecule has 0 bridgehead atoms. The minimum absolute atomic E-state index is 0.859. The van der Waals surface area contributed by atoms with Crippen LogP contribution in [0.3, 0.4) is 0 Å². The van der Waals surface area contributed by atoms with Gasteiger partial charge in [-0.1, -0.05) is 19.1 Å². The van der Waals surface area contributed by atoms with E-state index in [9.17, 15) is 0 Å². The van der Waals surface area contributed by atoms with Crippen molar-refractivity contribution in [3.63, 3.8) is 0 Å². The molecule has 0 spiro atoms. The van der Waals surface area contributed by atoms with Crippen molar-refractivity contribution in [2.24, 2.45) is 0 Å². The number of hydrogen-bond acceptors (Lipinski definition) is 3. The molecule has 16 heavy (non-hydrogen) atoms. The van der Waals surface area contributed by atoms with Gasteiger partial charge < -0.3 is 5.73 Å². The highest BCUT2D eigenvalue weighted by atomic mass is 32.2. The average molecular weight is 238 g/mol. The van der Waals surface area contributed by atoms with Crippen LogP contribution in [0, 0.1) is 0 Å². The molecule has 1 aromatic carbocycles. The summed E-state index contributed by atoms with van der Waals surface area (Å²) in [4.78, 5) is 2.46. The van der Waals surface area contributed by atoms with E-state index in [1.54, 1.807) is 0 Å². The van der Waals surface area contributed by atoms with E-state index in [1.807, 2.05) is 23.9 Å². The van der Waals surface area contributed by atoms with Crippen LogP contribution in [0.5, 0.6) is 0 Å². The van der Waals surface area contributed by atoms with Crippen LogP contribution in [0.15, 0.2) is 24.3 Å². The molecule has 1 aromatic rings. The molecule has 0 atom stereocenters. The Balaban J connectivity index is 2.43. The lowest BCUT2D eigenvalue weighted by molar-refractivity contribution is 0.281. The number of nitrogen functional groups attached to an aromatic ring is 1. The van der Waals surface area contributed by atoms with Crippen molar-refractivity contribution >= 4 is 17.4 Å². The lowest BCUT2D eigenvalue weighted by atomic mass is 10.2. The SMILES string of the molecule is CCN(CCCSC)Cc1cccc(N)c1. The van der Waals surface area contributed by atoms with Gasteiger partial charge in [0.1, 0.15) is 0 Å². The first-order valence-electron chi connectivity index (χ1n) is 5.82. The van der Waals surface area contributed by atoms with Crippen molar-refractivity contribution in [1.82, 2.24) is 4.90 Å². The van der Waals surface area contributed by atoms with E-state index >= 15 is 0 Å². The van der Waals surface area contributed by atoms with Crippen LogP contribution in [0.1, 0.15) is 18.9 Å². The Kier molecular flexibility index (Phi) is 6.34. The standard InChI is InChI=1S/C13H22N2S/c1-3-15(8-5-9-16-2)11-12-6-4-7-13(14)10-12/h4,6-7,10H,3,5,8-9,11,14H2,1-2H3. The highest BCUT2D eigenvalue weighted by Crippen LogP contribution is 2.10. The zero-order valence-electron chi connectivity index (χ0n) is 10.3. The molecule has 0 aliphatic rings. The summed E-state index contributed by atoms with van der Waals surface area (Å²) in [5.41, 5.74) is 7.95. The summed E-state index contributed by atoms with van der Waals surface area (Å²) in [6, 6.07) is 8.18. The number of hydrogen-bond donors (Lipinski definition) is 1. The highest BCUT2D eigenvalue weighted by Gasteiger charge is 2.03. The normalized spacial score (nSPS) is 10.9. The molecule has 0 saturated carbocycles. The van der Waals surface area contributed by atoms with Crippen molar-refractivity contribution in [2.75, 3.05) is 30.8 Å². The van der Waals surface area contributed by atoms with E-state index in [-0.39, 0.29) is 0 Å². The van der Waals surface area contributed by atoms with E-state index in [0.717, 1.165) is 18.8 Å². The number of nitrogens with two attached hydrogens (primary N) is 1. The van der Waals surface area contributed by atoms with Crippen LogP contribution in [0.2, 0.25) is 0 Å². The maximum Gasteiger partial charge on any atom is 0.0317 e.